The van der Waals surface area contributed by atoms with Crippen molar-refractivity contribution in [1.29, 1.82) is 5.26 Å². The molecule has 4 aromatic rings. The maximum absolute atomic E-state index is 11.9. The molecule has 0 spiro atoms. The average molecular weight is 468 g/mol. The van der Waals surface area contributed by atoms with Crippen molar-refractivity contribution in [3.63, 3.8) is 0 Å². The fraction of sp³-hybridized carbons (Fsp3) is 0.259. The van der Waals surface area contributed by atoms with Crippen molar-refractivity contribution in [1.82, 2.24) is 14.5 Å². The van der Waals surface area contributed by atoms with E-state index in [1.54, 1.807) is 32.3 Å². The average Bonchev–Trinajstić information content (AvgIpc) is 3.12. The largest absolute Gasteiger partial charge is 0.447 e. The van der Waals surface area contributed by atoms with Crippen molar-refractivity contribution in [2.24, 2.45) is 0 Å². The van der Waals surface area contributed by atoms with Gasteiger partial charge in [0.15, 0.2) is 0 Å². The first-order valence-corrected chi connectivity index (χ1v) is 11.6. The fourth-order valence-corrected chi connectivity index (χ4v) is 4.29. The number of hydrogen-bond donors (Lipinski definition) is 1. The molecule has 1 amide bonds. The van der Waals surface area contributed by atoms with Gasteiger partial charge < -0.3 is 14.0 Å². The SMILES string of the molecule is CC(C)OC(=O)Nc1ccc(-c2c(C#N)c3ccc(Oc4ncccn4)cc3n2C2CCC2)cc1. The van der Waals surface area contributed by atoms with E-state index < -0.39 is 6.09 Å². The Morgan fingerprint density at radius 1 is 1.14 bits per heavy atom. The molecule has 1 aliphatic carbocycles. The highest BCUT2D eigenvalue weighted by molar-refractivity contribution is 5.96. The number of hydrogen-bond acceptors (Lipinski definition) is 6. The molecule has 176 valence electrons. The van der Waals surface area contributed by atoms with Crippen LogP contribution in [0.5, 0.6) is 11.8 Å². The lowest BCUT2D eigenvalue weighted by Crippen LogP contribution is -2.18. The molecule has 1 saturated carbocycles. The third-order valence-corrected chi connectivity index (χ3v) is 6.03. The molecule has 35 heavy (non-hydrogen) atoms. The third kappa shape index (κ3) is 4.53. The van der Waals surface area contributed by atoms with Crippen LogP contribution in [0.3, 0.4) is 0 Å². The van der Waals surface area contributed by atoms with E-state index in [0.29, 0.717) is 23.0 Å². The smallest absolute Gasteiger partial charge is 0.411 e. The van der Waals surface area contributed by atoms with Gasteiger partial charge in [-0.15, -0.1) is 0 Å². The Morgan fingerprint density at radius 2 is 1.89 bits per heavy atom. The lowest BCUT2D eigenvalue weighted by molar-refractivity contribution is 0.130. The number of carbonyl (C=O) groups excluding carboxylic acids is 1. The van der Waals surface area contributed by atoms with E-state index in [0.717, 1.165) is 41.4 Å². The van der Waals surface area contributed by atoms with Crippen LogP contribution in [0.1, 0.15) is 44.7 Å². The molecule has 1 aliphatic rings. The molecule has 2 aromatic heterocycles. The molecule has 0 aliphatic heterocycles. The molecule has 1 N–H and O–H groups in total. The molecule has 5 rings (SSSR count). The number of nitrogens with one attached hydrogen (secondary N) is 1. The van der Waals surface area contributed by atoms with Crippen LogP contribution in [0.4, 0.5) is 10.5 Å². The third-order valence-electron chi connectivity index (χ3n) is 6.03. The van der Waals surface area contributed by atoms with Gasteiger partial charge in [-0.2, -0.15) is 5.26 Å². The number of ether oxygens (including phenoxy) is 2. The van der Waals surface area contributed by atoms with E-state index in [4.69, 9.17) is 9.47 Å². The lowest BCUT2D eigenvalue weighted by Gasteiger charge is -2.30. The first kappa shape index (κ1) is 22.4. The Hall–Kier alpha value is -4.38. The van der Waals surface area contributed by atoms with Gasteiger partial charge in [-0.1, -0.05) is 12.1 Å². The van der Waals surface area contributed by atoms with Crippen molar-refractivity contribution in [2.45, 2.75) is 45.3 Å². The van der Waals surface area contributed by atoms with Crippen molar-refractivity contribution in [3.8, 4) is 29.1 Å². The van der Waals surface area contributed by atoms with Gasteiger partial charge in [-0.3, -0.25) is 5.32 Å². The summed E-state index contributed by atoms with van der Waals surface area (Å²) < 4.78 is 13.3. The van der Waals surface area contributed by atoms with Crippen LogP contribution in [0.2, 0.25) is 0 Å². The minimum atomic E-state index is -0.496. The second-order valence-corrected chi connectivity index (χ2v) is 8.76. The van der Waals surface area contributed by atoms with Gasteiger partial charge in [0.05, 0.1) is 22.9 Å². The Labute approximate surface area is 203 Å². The summed E-state index contributed by atoms with van der Waals surface area (Å²) in [5.74, 6) is 0.612. The predicted octanol–water partition coefficient (Wildman–Crippen LogP) is 6.44. The fourth-order valence-electron chi connectivity index (χ4n) is 4.29. The van der Waals surface area contributed by atoms with E-state index in [1.165, 1.54) is 0 Å². The molecule has 2 heterocycles. The molecule has 0 unspecified atom stereocenters. The summed E-state index contributed by atoms with van der Waals surface area (Å²) >= 11 is 0. The van der Waals surface area contributed by atoms with Gasteiger partial charge in [0.1, 0.15) is 11.8 Å². The number of carbonyl (C=O) groups is 1. The van der Waals surface area contributed by atoms with Crippen molar-refractivity contribution in [3.05, 3.63) is 66.5 Å². The summed E-state index contributed by atoms with van der Waals surface area (Å²) in [6, 6.07) is 17.9. The number of fused-ring (bicyclic) bond motifs is 1. The molecule has 8 heteroatoms. The standard InChI is InChI=1S/C27H25N5O3/c1-17(2)34-27(33)31-19-9-7-18(8-10-19)25-23(16-28)22-12-11-21(35-26-29-13-4-14-30-26)15-24(22)32(25)20-5-3-6-20/h4,7-15,17,20H,3,5-6H2,1-2H3,(H,31,33). The Balaban J connectivity index is 1.55. The number of aromatic nitrogens is 3. The van der Waals surface area contributed by atoms with Crippen LogP contribution in [-0.4, -0.2) is 26.7 Å². The first-order valence-electron chi connectivity index (χ1n) is 11.6. The van der Waals surface area contributed by atoms with Gasteiger partial charge >= 0.3 is 12.1 Å². The number of nitriles is 1. The van der Waals surface area contributed by atoms with Crippen LogP contribution in [-0.2, 0) is 4.74 Å². The summed E-state index contributed by atoms with van der Waals surface area (Å²) in [5.41, 5.74) is 3.97. The summed E-state index contributed by atoms with van der Waals surface area (Å²) in [4.78, 5) is 20.2. The van der Waals surface area contributed by atoms with Crippen LogP contribution in [0.25, 0.3) is 22.2 Å². The highest BCUT2D eigenvalue weighted by Gasteiger charge is 2.28. The van der Waals surface area contributed by atoms with Crippen LogP contribution >= 0.6 is 0 Å². The zero-order valence-electron chi connectivity index (χ0n) is 19.6. The highest BCUT2D eigenvalue weighted by atomic mass is 16.6. The molecule has 2 aromatic carbocycles. The monoisotopic (exact) mass is 467 g/mol. The highest BCUT2D eigenvalue weighted by Crippen LogP contribution is 2.43. The van der Waals surface area contributed by atoms with Gasteiger partial charge in [0.25, 0.3) is 0 Å². The number of nitrogens with zero attached hydrogens (tertiary/aromatic N) is 4. The molecule has 0 saturated heterocycles. The van der Waals surface area contributed by atoms with Gasteiger partial charge in [-0.25, -0.2) is 14.8 Å². The van der Waals surface area contributed by atoms with Crippen LogP contribution in [0.15, 0.2) is 60.9 Å². The van der Waals surface area contributed by atoms with Crippen LogP contribution < -0.4 is 10.1 Å². The second kappa shape index (κ2) is 9.47. The number of amides is 1. The lowest BCUT2D eigenvalue weighted by atomic mass is 9.92. The van der Waals surface area contributed by atoms with E-state index in [1.807, 2.05) is 42.5 Å². The van der Waals surface area contributed by atoms with Crippen LogP contribution in [0, 0.1) is 11.3 Å². The maximum atomic E-state index is 11.9. The van der Waals surface area contributed by atoms with E-state index in [-0.39, 0.29) is 12.1 Å². The second-order valence-electron chi connectivity index (χ2n) is 8.76. The quantitative estimate of drug-likeness (QED) is 0.350. The number of rotatable bonds is 6. The molecular weight excluding hydrogens is 442 g/mol. The van der Waals surface area contributed by atoms with E-state index >= 15 is 0 Å². The van der Waals surface area contributed by atoms with Crippen molar-refractivity contribution >= 4 is 22.7 Å². The van der Waals surface area contributed by atoms with Gasteiger partial charge in [0, 0.05) is 35.6 Å². The van der Waals surface area contributed by atoms with Crippen molar-refractivity contribution < 1.29 is 14.3 Å². The molecule has 0 atom stereocenters. The maximum Gasteiger partial charge on any atom is 0.411 e. The normalized spacial score (nSPS) is 13.3. The van der Waals surface area contributed by atoms with E-state index in [2.05, 4.69) is 25.9 Å². The minimum Gasteiger partial charge on any atom is -0.447 e. The summed E-state index contributed by atoms with van der Waals surface area (Å²) in [7, 11) is 0. The molecule has 0 radical (unpaired) electrons. The summed E-state index contributed by atoms with van der Waals surface area (Å²) in [6.45, 7) is 3.60. The zero-order valence-corrected chi connectivity index (χ0v) is 19.6. The van der Waals surface area contributed by atoms with E-state index in [9.17, 15) is 10.1 Å². The Kier molecular flexibility index (Phi) is 6.06. The molecule has 1 fully saturated rings. The predicted molar refractivity (Wildman–Crippen MR) is 132 cm³/mol. The Morgan fingerprint density at radius 3 is 2.51 bits per heavy atom. The zero-order chi connectivity index (χ0) is 24.4. The minimum absolute atomic E-state index is 0.201. The molecule has 8 nitrogen and oxygen atoms in total. The van der Waals surface area contributed by atoms with Gasteiger partial charge in [0.2, 0.25) is 0 Å². The number of benzene rings is 2. The van der Waals surface area contributed by atoms with Crippen molar-refractivity contribution in [2.75, 3.05) is 5.32 Å². The van der Waals surface area contributed by atoms with Gasteiger partial charge in [-0.05, 0) is 69.0 Å². The number of anilines is 1. The summed E-state index contributed by atoms with van der Waals surface area (Å²) in [5, 5.41) is 13.7. The molecule has 0 bridgehead atoms. The first-order chi connectivity index (χ1) is 17.0. The topological polar surface area (TPSA) is 102 Å². The Bertz CT molecular complexity index is 1400. The summed E-state index contributed by atoms with van der Waals surface area (Å²) in [6.07, 6.45) is 5.82. The molecular formula is C27H25N5O3.